The van der Waals surface area contributed by atoms with E-state index in [0.717, 1.165) is 11.3 Å². The van der Waals surface area contributed by atoms with Gasteiger partial charge in [0.15, 0.2) is 6.61 Å². The van der Waals surface area contributed by atoms with Crippen LogP contribution in [0.3, 0.4) is 0 Å². The van der Waals surface area contributed by atoms with Gasteiger partial charge in [0, 0.05) is 30.3 Å². The van der Waals surface area contributed by atoms with Gasteiger partial charge in [-0.15, -0.1) is 0 Å². The maximum atomic E-state index is 12.7. The molecule has 0 aromatic heterocycles. The van der Waals surface area contributed by atoms with Crippen LogP contribution in [0.2, 0.25) is 5.02 Å². The minimum atomic E-state index is -3.52. The average molecular weight is 423 g/mol. The van der Waals surface area contributed by atoms with E-state index in [2.05, 4.69) is 0 Å². The van der Waals surface area contributed by atoms with E-state index >= 15 is 0 Å². The van der Waals surface area contributed by atoms with Crippen molar-refractivity contribution in [2.75, 3.05) is 31.1 Å². The summed E-state index contributed by atoms with van der Waals surface area (Å²) in [6.45, 7) is 4.88. The third-order valence-electron chi connectivity index (χ3n) is 4.77. The van der Waals surface area contributed by atoms with Crippen molar-refractivity contribution in [1.82, 2.24) is 4.31 Å². The Hall–Kier alpha value is -2.09. The summed E-state index contributed by atoms with van der Waals surface area (Å²) in [5.74, 6) is 0.394. The first kappa shape index (κ1) is 20.6. The number of halogens is 1. The second kappa shape index (κ2) is 8.51. The minimum absolute atomic E-state index is 0.0967. The number of nitrogens with zero attached hydrogens (tertiary/aromatic N) is 2. The van der Waals surface area contributed by atoms with Crippen LogP contribution < -0.4 is 9.64 Å². The summed E-state index contributed by atoms with van der Waals surface area (Å²) in [4.78, 5) is 14.5. The van der Waals surface area contributed by atoms with Gasteiger partial charge in [0.05, 0.1) is 4.90 Å². The van der Waals surface area contributed by atoms with E-state index in [1.54, 1.807) is 47.4 Å². The van der Waals surface area contributed by atoms with Crippen molar-refractivity contribution < 1.29 is 17.9 Å². The molecule has 0 bridgehead atoms. The van der Waals surface area contributed by atoms with Gasteiger partial charge in [0.25, 0.3) is 5.91 Å². The van der Waals surface area contributed by atoms with Crippen molar-refractivity contribution in [2.24, 2.45) is 0 Å². The number of rotatable bonds is 7. The molecule has 6 nitrogen and oxygen atoms in total. The number of hydrogen-bond donors (Lipinski definition) is 0. The van der Waals surface area contributed by atoms with Gasteiger partial charge in [-0.1, -0.05) is 25.4 Å². The molecule has 0 saturated carbocycles. The van der Waals surface area contributed by atoms with Crippen molar-refractivity contribution in [1.29, 1.82) is 0 Å². The lowest BCUT2D eigenvalue weighted by Crippen LogP contribution is -2.33. The number of hydrogen-bond acceptors (Lipinski definition) is 4. The lowest BCUT2D eigenvalue weighted by molar-refractivity contribution is -0.120. The SMILES string of the molecule is CCN(CC)S(=O)(=O)c1ccc2c(c1)CCN2C(=O)COc1ccc(Cl)cc1. The summed E-state index contributed by atoms with van der Waals surface area (Å²) in [7, 11) is -3.52. The van der Waals surface area contributed by atoms with Crippen LogP contribution in [-0.2, 0) is 21.2 Å². The van der Waals surface area contributed by atoms with Crippen LogP contribution in [0.1, 0.15) is 19.4 Å². The zero-order valence-electron chi connectivity index (χ0n) is 15.9. The van der Waals surface area contributed by atoms with Crippen LogP contribution in [0.15, 0.2) is 47.4 Å². The highest BCUT2D eigenvalue weighted by Crippen LogP contribution is 2.31. The molecule has 3 rings (SSSR count). The molecule has 28 heavy (non-hydrogen) atoms. The van der Waals surface area contributed by atoms with Crippen LogP contribution in [0.5, 0.6) is 5.75 Å². The van der Waals surface area contributed by atoms with Gasteiger partial charge < -0.3 is 9.64 Å². The Labute approximate surface area is 170 Å². The van der Waals surface area contributed by atoms with Crippen molar-refractivity contribution in [2.45, 2.75) is 25.2 Å². The molecule has 1 amide bonds. The lowest BCUT2D eigenvalue weighted by atomic mass is 10.2. The van der Waals surface area contributed by atoms with E-state index in [1.807, 2.05) is 13.8 Å². The third-order valence-corrected chi connectivity index (χ3v) is 7.06. The van der Waals surface area contributed by atoms with E-state index in [9.17, 15) is 13.2 Å². The normalized spacial score (nSPS) is 13.6. The van der Waals surface area contributed by atoms with E-state index < -0.39 is 10.0 Å². The lowest BCUT2D eigenvalue weighted by Gasteiger charge is -2.20. The Bertz CT molecular complexity index is 957. The highest BCUT2D eigenvalue weighted by molar-refractivity contribution is 7.89. The Balaban J connectivity index is 1.73. The Morgan fingerprint density at radius 1 is 1.14 bits per heavy atom. The van der Waals surface area contributed by atoms with Crippen LogP contribution >= 0.6 is 11.6 Å². The number of anilines is 1. The number of ether oxygens (including phenoxy) is 1. The molecule has 2 aromatic rings. The quantitative estimate of drug-likeness (QED) is 0.686. The zero-order chi connectivity index (χ0) is 20.3. The van der Waals surface area contributed by atoms with Gasteiger partial charge in [-0.2, -0.15) is 4.31 Å². The number of benzene rings is 2. The first-order valence-electron chi connectivity index (χ1n) is 9.18. The van der Waals surface area contributed by atoms with Crippen molar-refractivity contribution in [3.8, 4) is 5.75 Å². The summed E-state index contributed by atoms with van der Waals surface area (Å²) in [6.07, 6.45) is 0.615. The molecule has 150 valence electrons. The average Bonchev–Trinajstić information content (AvgIpc) is 3.11. The second-order valence-corrected chi connectivity index (χ2v) is 8.79. The maximum Gasteiger partial charge on any atom is 0.264 e. The predicted octanol–water partition coefficient (Wildman–Crippen LogP) is 3.34. The van der Waals surface area contributed by atoms with Crippen molar-refractivity contribution >= 4 is 33.2 Å². The molecular formula is C20H23ClN2O4S. The fraction of sp³-hybridized carbons (Fsp3) is 0.350. The van der Waals surface area contributed by atoms with Gasteiger partial charge in [-0.05, 0) is 54.4 Å². The monoisotopic (exact) mass is 422 g/mol. The Kier molecular flexibility index (Phi) is 6.27. The minimum Gasteiger partial charge on any atom is -0.484 e. The first-order chi connectivity index (χ1) is 13.4. The molecule has 0 N–H and O–H groups in total. The largest absolute Gasteiger partial charge is 0.484 e. The van der Waals surface area contributed by atoms with Crippen molar-refractivity contribution in [3.05, 3.63) is 53.1 Å². The molecule has 0 saturated heterocycles. The molecule has 0 spiro atoms. The number of carbonyl (C=O) groups excluding carboxylic acids is 1. The van der Waals surface area contributed by atoms with Crippen LogP contribution in [0.25, 0.3) is 0 Å². The van der Waals surface area contributed by atoms with Crippen molar-refractivity contribution in [3.63, 3.8) is 0 Å². The Morgan fingerprint density at radius 2 is 1.82 bits per heavy atom. The molecule has 0 aliphatic carbocycles. The van der Waals surface area contributed by atoms with Crippen LogP contribution in [0.4, 0.5) is 5.69 Å². The summed E-state index contributed by atoms with van der Waals surface area (Å²) >= 11 is 5.84. The molecule has 1 aliphatic rings. The third kappa shape index (κ3) is 4.16. The topological polar surface area (TPSA) is 66.9 Å². The highest BCUT2D eigenvalue weighted by Gasteiger charge is 2.28. The molecule has 1 aliphatic heterocycles. The van der Waals surface area contributed by atoms with E-state index in [1.165, 1.54) is 4.31 Å². The highest BCUT2D eigenvalue weighted by atomic mass is 35.5. The molecule has 0 atom stereocenters. The van der Waals surface area contributed by atoms with E-state index in [-0.39, 0.29) is 17.4 Å². The molecule has 1 heterocycles. The number of sulfonamides is 1. The summed E-state index contributed by atoms with van der Waals surface area (Å²) < 4.78 is 32.4. The molecule has 0 radical (unpaired) electrons. The first-order valence-corrected chi connectivity index (χ1v) is 11.0. The fourth-order valence-electron chi connectivity index (χ4n) is 3.26. The fourth-order valence-corrected chi connectivity index (χ4v) is 4.90. The van der Waals surface area contributed by atoms with Gasteiger partial charge in [-0.25, -0.2) is 8.42 Å². The zero-order valence-corrected chi connectivity index (χ0v) is 17.5. The van der Waals surface area contributed by atoms with Gasteiger partial charge in [0.2, 0.25) is 10.0 Å². The molecule has 8 heteroatoms. The van der Waals surface area contributed by atoms with Gasteiger partial charge >= 0.3 is 0 Å². The predicted molar refractivity (Wildman–Crippen MR) is 110 cm³/mol. The van der Waals surface area contributed by atoms with E-state index in [4.69, 9.17) is 16.3 Å². The molecule has 0 fully saturated rings. The Morgan fingerprint density at radius 3 is 2.46 bits per heavy atom. The molecule has 0 unspecified atom stereocenters. The van der Waals surface area contributed by atoms with Gasteiger partial charge in [0.1, 0.15) is 5.75 Å². The number of fused-ring (bicyclic) bond motifs is 1. The van der Waals surface area contributed by atoms with Gasteiger partial charge in [-0.3, -0.25) is 4.79 Å². The molecule has 2 aromatic carbocycles. The number of amides is 1. The van der Waals surface area contributed by atoms with E-state index in [0.29, 0.717) is 36.8 Å². The smallest absolute Gasteiger partial charge is 0.264 e. The number of carbonyl (C=O) groups is 1. The summed E-state index contributed by atoms with van der Waals surface area (Å²) in [6, 6.07) is 11.8. The van der Waals surface area contributed by atoms with Crippen LogP contribution in [0, 0.1) is 0 Å². The molecular weight excluding hydrogens is 400 g/mol. The maximum absolute atomic E-state index is 12.7. The summed E-state index contributed by atoms with van der Waals surface area (Å²) in [5, 5.41) is 0.600. The standard InChI is InChI=1S/C20H23ClN2O4S/c1-3-22(4-2)28(25,26)18-9-10-19-15(13-18)11-12-23(19)20(24)14-27-17-7-5-16(21)6-8-17/h5-10,13H,3-4,11-12,14H2,1-2H3. The van der Waals surface area contributed by atoms with Crippen LogP contribution in [-0.4, -0.2) is 44.9 Å². The second-order valence-electron chi connectivity index (χ2n) is 6.42. The summed E-state index contributed by atoms with van der Waals surface area (Å²) in [5.41, 5.74) is 1.59.